The lowest BCUT2D eigenvalue weighted by Crippen LogP contribution is -1.99. The van der Waals surface area contributed by atoms with Crippen LogP contribution in [-0.4, -0.2) is 4.98 Å². The predicted octanol–water partition coefficient (Wildman–Crippen LogP) is 8.72. The first-order valence-corrected chi connectivity index (χ1v) is 11.6. The Kier molecular flexibility index (Phi) is 4.53. The van der Waals surface area contributed by atoms with Crippen LogP contribution in [0.5, 0.6) is 0 Å². The van der Waals surface area contributed by atoms with Gasteiger partial charge in [-0.2, -0.15) is 0 Å². The highest BCUT2D eigenvalue weighted by atomic mass is 19.1. The van der Waals surface area contributed by atoms with Crippen LogP contribution in [0.1, 0.15) is 62.5 Å². The summed E-state index contributed by atoms with van der Waals surface area (Å²) < 4.78 is 22.0. The van der Waals surface area contributed by atoms with Gasteiger partial charge in [-0.25, -0.2) is 4.39 Å². The van der Waals surface area contributed by atoms with Gasteiger partial charge in [0.25, 0.3) is 0 Å². The van der Waals surface area contributed by atoms with Crippen LogP contribution < -0.4 is 0 Å². The SMILES string of the molecule is CC(C)c1cc(-c2nccc3c(F)c(C4CCCC4)ccc23)c2oc3ccccc3c2c1. The molecule has 3 aromatic carbocycles. The monoisotopic (exact) mass is 423 g/mol. The number of furan rings is 1. The second-order valence-corrected chi connectivity index (χ2v) is 9.40. The molecular formula is C29H26FNO. The first kappa shape index (κ1) is 19.5. The van der Waals surface area contributed by atoms with Crippen molar-refractivity contribution in [3.63, 3.8) is 0 Å². The van der Waals surface area contributed by atoms with Crippen LogP contribution in [0, 0.1) is 5.82 Å². The van der Waals surface area contributed by atoms with Gasteiger partial charge in [-0.15, -0.1) is 0 Å². The lowest BCUT2D eigenvalue weighted by Gasteiger charge is -2.15. The standard InChI is InChI=1S/C29H26FNO/c1-17(2)19-15-24-21-9-5-6-10-26(21)32-29(24)25(16-19)28-23-12-11-20(18-7-3-4-8-18)27(30)22(23)13-14-31-28/h5-6,9-18H,3-4,7-8H2,1-2H3. The molecule has 1 saturated carbocycles. The molecule has 32 heavy (non-hydrogen) atoms. The number of pyridine rings is 1. The fraction of sp³-hybridized carbons (Fsp3) is 0.276. The molecule has 160 valence electrons. The summed E-state index contributed by atoms with van der Waals surface area (Å²) in [6.07, 6.45) is 6.27. The minimum Gasteiger partial charge on any atom is -0.455 e. The molecule has 1 fully saturated rings. The van der Waals surface area contributed by atoms with Gasteiger partial charge in [-0.05, 0) is 60.1 Å². The van der Waals surface area contributed by atoms with Crippen molar-refractivity contribution in [1.29, 1.82) is 0 Å². The minimum atomic E-state index is -0.0843. The first-order valence-electron chi connectivity index (χ1n) is 11.6. The summed E-state index contributed by atoms with van der Waals surface area (Å²) in [7, 11) is 0. The maximum atomic E-state index is 15.7. The molecule has 0 radical (unpaired) electrons. The second kappa shape index (κ2) is 7.44. The largest absolute Gasteiger partial charge is 0.455 e. The number of hydrogen-bond acceptors (Lipinski definition) is 2. The molecule has 0 N–H and O–H groups in total. The summed E-state index contributed by atoms with van der Waals surface area (Å²) in [5, 5.41) is 3.68. The van der Waals surface area contributed by atoms with Crippen molar-refractivity contribution in [3.05, 3.63) is 77.7 Å². The maximum Gasteiger partial charge on any atom is 0.144 e. The lowest BCUT2D eigenvalue weighted by atomic mass is 9.91. The van der Waals surface area contributed by atoms with Gasteiger partial charge in [-0.3, -0.25) is 4.98 Å². The average Bonchev–Trinajstić information content (AvgIpc) is 3.46. The van der Waals surface area contributed by atoms with Crippen LogP contribution in [0.25, 0.3) is 44.0 Å². The summed E-state index contributed by atoms with van der Waals surface area (Å²) in [4.78, 5) is 4.74. The molecule has 2 aromatic heterocycles. The summed E-state index contributed by atoms with van der Waals surface area (Å²) in [6.45, 7) is 4.38. The van der Waals surface area contributed by atoms with Crippen molar-refractivity contribution in [2.45, 2.75) is 51.4 Å². The van der Waals surface area contributed by atoms with Gasteiger partial charge in [0.15, 0.2) is 0 Å². The fourth-order valence-electron chi connectivity index (χ4n) is 5.36. The number of fused-ring (bicyclic) bond motifs is 4. The van der Waals surface area contributed by atoms with E-state index in [1.54, 1.807) is 6.20 Å². The molecule has 0 atom stereocenters. The van der Waals surface area contributed by atoms with E-state index in [1.807, 2.05) is 30.3 Å². The molecule has 6 rings (SSSR count). The van der Waals surface area contributed by atoms with Crippen LogP contribution in [0.4, 0.5) is 4.39 Å². The van der Waals surface area contributed by atoms with E-state index in [1.165, 1.54) is 18.4 Å². The van der Waals surface area contributed by atoms with Gasteiger partial charge in [-0.1, -0.05) is 57.0 Å². The number of rotatable bonds is 3. The molecule has 5 aromatic rings. The Morgan fingerprint density at radius 2 is 1.72 bits per heavy atom. The smallest absolute Gasteiger partial charge is 0.144 e. The molecule has 2 nitrogen and oxygen atoms in total. The van der Waals surface area contributed by atoms with E-state index in [4.69, 9.17) is 9.40 Å². The molecule has 0 saturated heterocycles. The van der Waals surface area contributed by atoms with Crippen LogP contribution in [0.2, 0.25) is 0 Å². The number of benzene rings is 3. The van der Waals surface area contributed by atoms with Crippen LogP contribution in [0.15, 0.2) is 65.2 Å². The van der Waals surface area contributed by atoms with E-state index in [0.29, 0.717) is 17.2 Å². The van der Waals surface area contributed by atoms with Gasteiger partial charge < -0.3 is 4.42 Å². The quantitative estimate of drug-likeness (QED) is 0.290. The van der Waals surface area contributed by atoms with E-state index in [9.17, 15) is 0 Å². The van der Waals surface area contributed by atoms with E-state index < -0.39 is 0 Å². The molecule has 2 heterocycles. The molecule has 0 spiro atoms. The molecule has 0 amide bonds. The van der Waals surface area contributed by atoms with E-state index in [0.717, 1.165) is 57.0 Å². The number of aromatic nitrogens is 1. The van der Waals surface area contributed by atoms with Gasteiger partial charge in [0.1, 0.15) is 17.0 Å². The van der Waals surface area contributed by atoms with Gasteiger partial charge in [0.05, 0.1) is 5.69 Å². The Labute approximate surface area is 187 Å². The molecule has 0 bridgehead atoms. The average molecular weight is 424 g/mol. The molecular weight excluding hydrogens is 397 g/mol. The number of halogens is 1. The molecule has 0 unspecified atom stereocenters. The Hall–Kier alpha value is -3.20. The zero-order valence-corrected chi connectivity index (χ0v) is 18.5. The summed E-state index contributed by atoms with van der Waals surface area (Å²) in [5.74, 6) is 0.605. The van der Waals surface area contributed by atoms with E-state index >= 15 is 4.39 Å². The molecule has 0 aliphatic heterocycles. The normalized spacial score (nSPS) is 15.0. The third-order valence-electron chi connectivity index (χ3n) is 7.13. The van der Waals surface area contributed by atoms with Crippen molar-refractivity contribution >= 4 is 32.7 Å². The minimum absolute atomic E-state index is 0.0843. The summed E-state index contributed by atoms with van der Waals surface area (Å²) in [5.41, 5.74) is 5.47. The predicted molar refractivity (Wildman–Crippen MR) is 130 cm³/mol. The highest BCUT2D eigenvalue weighted by Crippen LogP contribution is 2.42. The third kappa shape index (κ3) is 2.95. The molecule has 1 aliphatic carbocycles. The summed E-state index contributed by atoms with van der Waals surface area (Å²) in [6, 6.07) is 18.4. The third-order valence-corrected chi connectivity index (χ3v) is 7.13. The Morgan fingerprint density at radius 1 is 0.906 bits per heavy atom. The fourth-order valence-corrected chi connectivity index (χ4v) is 5.36. The van der Waals surface area contributed by atoms with Crippen molar-refractivity contribution in [3.8, 4) is 11.3 Å². The Bertz CT molecular complexity index is 1470. The van der Waals surface area contributed by atoms with Crippen molar-refractivity contribution in [1.82, 2.24) is 4.98 Å². The van der Waals surface area contributed by atoms with E-state index in [2.05, 4.69) is 38.1 Å². The van der Waals surface area contributed by atoms with Crippen LogP contribution >= 0.6 is 0 Å². The first-order chi connectivity index (χ1) is 15.6. The molecule has 3 heteroatoms. The Morgan fingerprint density at radius 3 is 2.53 bits per heavy atom. The van der Waals surface area contributed by atoms with Gasteiger partial charge in [0, 0.05) is 33.3 Å². The topological polar surface area (TPSA) is 26.0 Å². The zero-order valence-electron chi connectivity index (χ0n) is 18.5. The number of hydrogen-bond donors (Lipinski definition) is 0. The Balaban J connectivity index is 1.65. The number of para-hydroxylation sites is 1. The van der Waals surface area contributed by atoms with Crippen LogP contribution in [0.3, 0.4) is 0 Å². The van der Waals surface area contributed by atoms with E-state index in [-0.39, 0.29) is 5.82 Å². The number of nitrogens with zero attached hydrogens (tertiary/aromatic N) is 1. The highest BCUT2D eigenvalue weighted by molar-refractivity contribution is 6.12. The lowest BCUT2D eigenvalue weighted by molar-refractivity contribution is 0.590. The van der Waals surface area contributed by atoms with Crippen molar-refractivity contribution < 1.29 is 8.81 Å². The maximum absolute atomic E-state index is 15.7. The van der Waals surface area contributed by atoms with Gasteiger partial charge in [0.2, 0.25) is 0 Å². The second-order valence-electron chi connectivity index (χ2n) is 9.40. The van der Waals surface area contributed by atoms with Crippen molar-refractivity contribution in [2.75, 3.05) is 0 Å². The van der Waals surface area contributed by atoms with Crippen LogP contribution in [-0.2, 0) is 0 Å². The molecule has 1 aliphatic rings. The van der Waals surface area contributed by atoms with Gasteiger partial charge >= 0.3 is 0 Å². The highest BCUT2D eigenvalue weighted by Gasteiger charge is 2.23. The summed E-state index contributed by atoms with van der Waals surface area (Å²) >= 11 is 0. The van der Waals surface area contributed by atoms with Crippen molar-refractivity contribution in [2.24, 2.45) is 0 Å². The zero-order chi connectivity index (χ0) is 21.8.